The molecule has 0 radical (unpaired) electrons. The standard InChI is InChI=1S/C38H39N7O3.BF3.FH/c1-28-10-15-33(24-35(28)43-38-40-18-16-34(42-38)32-9-6-17-39-25-32)41-37(47)31-13-11-30(12-14-31)26-44-19-21-45(2,22-20-44)27-48-36(46)23-29-7-4-3-5-8-29;2-1(3)4;/h3-18,24-25H,19-23,26-27H2,1-2H3,(H-,40,41,42,43,47);;1H. The third-order valence-corrected chi connectivity index (χ3v) is 8.62. The van der Waals surface area contributed by atoms with E-state index in [9.17, 15) is 22.5 Å². The number of rotatable bonds is 11. The van der Waals surface area contributed by atoms with Gasteiger partial charge in [0.25, 0.3) is 5.91 Å². The molecule has 0 saturated carbocycles. The molecule has 10 nitrogen and oxygen atoms in total. The van der Waals surface area contributed by atoms with Crippen molar-refractivity contribution in [1.29, 1.82) is 0 Å². The lowest BCUT2D eigenvalue weighted by atomic mass is 10.1. The van der Waals surface area contributed by atoms with Crippen LogP contribution in [0.5, 0.6) is 0 Å². The van der Waals surface area contributed by atoms with Crippen molar-refractivity contribution in [1.82, 2.24) is 19.9 Å². The van der Waals surface area contributed by atoms with E-state index in [0.29, 0.717) is 34.8 Å². The van der Waals surface area contributed by atoms with Gasteiger partial charge in [0, 0.05) is 60.7 Å². The minimum atomic E-state index is -3.67. The molecule has 276 valence electrons. The van der Waals surface area contributed by atoms with Crippen molar-refractivity contribution >= 4 is 36.7 Å². The summed E-state index contributed by atoms with van der Waals surface area (Å²) in [6.07, 6.45) is 5.49. The number of nitrogens with one attached hydrogen (secondary N) is 2. The quantitative estimate of drug-likeness (QED) is 0.0918. The summed E-state index contributed by atoms with van der Waals surface area (Å²) < 4.78 is 35.4. The van der Waals surface area contributed by atoms with Crippen molar-refractivity contribution in [2.75, 3.05) is 50.6 Å². The van der Waals surface area contributed by atoms with E-state index in [1.807, 2.05) is 97.9 Å². The minimum Gasteiger partial charge on any atom is -1.00 e. The normalized spacial score (nSPS) is 13.4. The maximum absolute atomic E-state index is 13.1. The van der Waals surface area contributed by atoms with Gasteiger partial charge in [-0.1, -0.05) is 48.5 Å². The number of hydrogen-bond donors (Lipinski definition) is 2. The number of quaternary nitrogens is 1. The second kappa shape index (κ2) is 19.3. The molecule has 0 aliphatic carbocycles. The maximum atomic E-state index is 13.1. The van der Waals surface area contributed by atoms with Crippen LogP contribution in [0.3, 0.4) is 0 Å². The lowest BCUT2D eigenvalue weighted by molar-refractivity contribution is -0.929. The van der Waals surface area contributed by atoms with Crippen LogP contribution in [0.4, 0.5) is 30.3 Å². The van der Waals surface area contributed by atoms with Gasteiger partial charge in [0.2, 0.25) is 12.7 Å². The number of nitrogens with zero attached hydrogens (tertiary/aromatic N) is 5. The largest absolute Gasteiger partial charge is 1.00 e. The number of amides is 1. The number of hydrogen-bond acceptors (Lipinski definition) is 8. The molecular formula is C38H40BF4N7O3. The van der Waals surface area contributed by atoms with Gasteiger partial charge in [-0.2, -0.15) is 0 Å². The van der Waals surface area contributed by atoms with Gasteiger partial charge in [-0.05, 0) is 66.1 Å². The second-order valence-electron chi connectivity index (χ2n) is 12.7. The summed E-state index contributed by atoms with van der Waals surface area (Å²) in [7, 11) is -1.53. The molecule has 3 aromatic carbocycles. The zero-order valence-electron chi connectivity index (χ0n) is 29.4. The first-order chi connectivity index (χ1) is 25.0. The summed E-state index contributed by atoms with van der Waals surface area (Å²) in [6, 6.07) is 28.8. The maximum Gasteiger partial charge on any atom is 0.762 e. The van der Waals surface area contributed by atoms with Crippen LogP contribution in [0.25, 0.3) is 11.3 Å². The smallest absolute Gasteiger partial charge is 0.762 e. The molecule has 2 N–H and O–H groups in total. The molecule has 15 heteroatoms. The Kier molecular flexibility index (Phi) is 14.6. The van der Waals surface area contributed by atoms with Crippen LogP contribution in [0.15, 0.2) is 110 Å². The Hall–Kier alpha value is -5.67. The molecule has 1 aliphatic rings. The van der Waals surface area contributed by atoms with Gasteiger partial charge < -0.3 is 20.1 Å². The Labute approximate surface area is 306 Å². The molecule has 5 aromatic rings. The average molecular weight is 730 g/mol. The Morgan fingerprint density at radius 2 is 1.62 bits per heavy atom. The van der Waals surface area contributed by atoms with Crippen LogP contribution in [0.1, 0.15) is 27.0 Å². The number of anilines is 3. The SMILES string of the molecule is Cc1ccc(NC(=O)c2ccc(CN3CC[N+](C)(COC(=O)Cc4ccccc4)CC3)cc2)cc1Nc1nccc(-c2cccnc2)n1.FB(F)F.[F-]. The Morgan fingerprint density at radius 3 is 2.30 bits per heavy atom. The van der Waals surface area contributed by atoms with E-state index in [4.69, 9.17) is 4.74 Å². The molecule has 6 rings (SSSR count). The van der Waals surface area contributed by atoms with Crippen molar-refractivity contribution in [3.63, 3.8) is 0 Å². The van der Waals surface area contributed by atoms with Crippen LogP contribution >= 0.6 is 0 Å². The lowest BCUT2D eigenvalue weighted by Crippen LogP contribution is -3.00. The third kappa shape index (κ3) is 12.5. The molecule has 0 spiro atoms. The lowest BCUT2D eigenvalue weighted by Gasteiger charge is -2.41. The number of benzene rings is 3. The van der Waals surface area contributed by atoms with Gasteiger partial charge in [-0.15, -0.1) is 0 Å². The molecule has 1 aliphatic heterocycles. The van der Waals surface area contributed by atoms with Gasteiger partial charge in [0.15, 0.2) is 0 Å². The topological polar surface area (TPSA) is 109 Å². The van der Waals surface area contributed by atoms with Crippen molar-refractivity contribution in [2.45, 2.75) is 19.9 Å². The molecule has 0 atom stereocenters. The first-order valence-electron chi connectivity index (χ1n) is 16.7. The Morgan fingerprint density at radius 1 is 0.906 bits per heavy atom. The van der Waals surface area contributed by atoms with Gasteiger partial charge in [0.05, 0.1) is 32.3 Å². The summed E-state index contributed by atoms with van der Waals surface area (Å²) >= 11 is 0. The highest BCUT2D eigenvalue weighted by molar-refractivity contribution is 6.33. The molecule has 0 unspecified atom stereocenters. The van der Waals surface area contributed by atoms with Gasteiger partial charge in [0.1, 0.15) is 0 Å². The highest BCUT2D eigenvalue weighted by Gasteiger charge is 2.30. The van der Waals surface area contributed by atoms with Crippen LogP contribution in [-0.4, -0.2) is 83.7 Å². The fraction of sp³-hybridized carbons (Fsp3) is 0.237. The fourth-order valence-electron chi connectivity index (χ4n) is 5.59. The summed E-state index contributed by atoms with van der Waals surface area (Å²) in [5.74, 6) is 0.0845. The molecule has 1 fully saturated rings. The third-order valence-electron chi connectivity index (χ3n) is 8.62. The fourth-order valence-corrected chi connectivity index (χ4v) is 5.59. The number of pyridine rings is 1. The second-order valence-corrected chi connectivity index (χ2v) is 12.7. The number of carbonyl (C=O) groups excluding carboxylic acids is 2. The highest BCUT2D eigenvalue weighted by Crippen LogP contribution is 2.25. The number of ether oxygens (including phenoxy) is 1. The van der Waals surface area contributed by atoms with E-state index in [0.717, 1.165) is 66.4 Å². The first-order valence-corrected chi connectivity index (χ1v) is 16.7. The Bertz CT molecular complexity index is 1920. The molecular weight excluding hydrogens is 689 g/mol. The molecule has 53 heavy (non-hydrogen) atoms. The predicted octanol–water partition coefficient (Wildman–Crippen LogP) is 3.73. The number of halogens is 4. The first kappa shape index (κ1) is 40.1. The summed E-state index contributed by atoms with van der Waals surface area (Å²) in [5, 5.41) is 6.30. The molecule has 1 amide bonds. The minimum absolute atomic E-state index is 0. The molecule has 0 bridgehead atoms. The van der Waals surface area contributed by atoms with E-state index in [1.165, 1.54) is 0 Å². The van der Waals surface area contributed by atoms with Crippen LogP contribution in [0.2, 0.25) is 0 Å². The number of piperazine rings is 1. The van der Waals surface area contributed by atoms with E-state index in [2.05, 4.69) is 37.5 Å². The van der Waals surface area contributed by atoms with Crippen molar-refractivity contribution in [3.8, 4) is 11.3 Å². The van der Waals surface area contributed by atoms with Crippen molar-refractivity contribution in [2.24, 2.45) is 0 Å². The number of esters is 1. The van der Waals surface area contributed by atoms with Crippen LogP contribution < -0.4 is 15.3 Å². The summed E-state index contributed by atoms with van der Waals surface area (Å²) in [5.41, 5.74) is 6.82. The molecule has 2 aromatic heterocycles. The highest BCUT2D eigenvalue weighted by atomic mass is 19.4. The van der Waals surface area contributed by atoms with Crippen molar-refractivity contribution < 1.29 is 36.5 Å². The molecule has 3 heterocycles. The number of carbonyl (C=O) groups is 2. The number of aryl methyl sites for hydroxylation is 1. The zero-order valence-corrected chi connectivity index (χ0v) is 29.4. The zero-order chi connectivity index (χ0) is 36.9. The monoisotopic (exact) mass is 729 g/mol. The summed E-state index contributed by atoms with van der Waals surface area (Å²) in [4.78, 5) is 41.1. The van der Waals surface area contributed by atoms with E-state index >= 15 is 0 Å². The van der Waals surface area contributed by atoms with E-state index < -0.39 is 7.54 Å². The Balaban J connectivity index is 0.00000119. The van der Waals surface area contributed by atoms with Crippen molar-refractivity contribution in [3.05, 3.63) is 132 Å². The summed E-state index contributed by atoms with van der Waals surface area (Å²) in [6.45, 7) is 6.77. The number of aromatic nitrogens is 3. The van der Waals surface area contributed by atoms with E-state index in [-0.39, 0.29) is 16.6 Å². The average Bonchev–Trinajstić information content (AvgIpc) is 3.14. The van der Waals surface area contributed by atoms with Crippen LogP contribution in [-0.2, 0) is 22.5 Å². The van der Waals surface area contributed by atoms with Gasteiger partial charge in [-0.25, -0.2) is 9.97 Å². The molecule has 1 saturated heterocycles. The van der Waals surface area contributed by atoms with Gasteiger partial charge in [-0.3, -0.25) is 36.9 Å². The van der Waals surface area contributed by atoms with Gasteiger partial charge >= 0.3 is 13.5 Å². The van der Waals surface area contributed by atoms with Crippen LogP contribution in [0, 0.1) is 6.92 Å². The predicted molar refractivity (Wildman–Crippen MR) is 195 cm³/mol. The number of likely N-dealkylation sites (N-methyl/N-ethyl adjacent to an activating group) is 1. The van der Waals surface area contributed by atoms with E-state index in [1.54, 1.807) is 18.6 Å².